The predicted octanol–water partition coefficient (Wildman–Crippen LogP) is 2.33. The largest absolute Gasteiger partial charge is 0.469 e. The van der Waals surface area contributed by atoms with E-state index in [1.54, 1.807) is 6.26 Å². The smallest absolute Gasteiger partial charge is 0.226 e. The highest BCUT2D eigenvalue weighted by Crippen LogP contribution is 2.48. The summed E-state index contributed by atoms with van der Waals surface area (Å²) in [6.45, 7) is 7.57. The lowest BCUT2D eigenvalue weighted by Gasteiger charge is -2.22. The highest BCUT2D eigenvalue weighted by Gasteiger charge is 2.47. The molecule has 2 fully saturated rings. The summed E-state index contributed by atoms with van der Waals surface area (Å²) in [5.41, 5.74) is 1.25. The second kappa shape index (κ2) is 7.04. The Bertz CT molecular complexity index is 709. The molecule has 1 saturated heterocycles. The van der Waals surface area contributed by atoms with E-state index in [2.05, 4.69) is 28.0 Å². The van der Waals surface area contributed by atoms with Gasteiger partial charge in [-0.05, 0) is 31.9 Å². The maximum atomic E-state index is 12.8. The first-order chi connectivity index (χ1) is 12.2. The zero-order valence-electron chi connectivity index (χ0n) is 14.8. The highest BCUT2D eigenvalue weighted by atomic mass is 16.3. The highest BCUT2D eigenvalue weighted by molar-refractivity contribution is 5.82. The van der Waals surface area contributed by atoms with E-state index in [4.69, 9.17) is 4.42 Å². The minimum Gasteiger partial charge on any atom is -0.469 e. The molecular formula is C19H26N4O2. The molecule has 2 aliphatic rings. The van der Waals surface area contributed by atoms with Crippen LogP contribution in [0.15, 0.2) is 35.2 Å². The summed E-state index contributed by atoms with van der Waals surface area (Å²) >= 11 is 0. The van der Waals surface area contributed by atoms with Crippen LogP contribution in [-0.4, -0.2) is 51.7 Å². The number of hydrogen-bond donors (Lipinski definition) is 0. The van der Waals surface area contributed by atoms with Crippen LogP contribution in [0.2, 0.25) is 0 Å². The van der Waals surface area contributed by atoms with Gasteiger partial charge in [0.2, 0.25) is 5.91 Å². The van der Waals surface area contributed by atoms with Crippen LogP contribution in [0, 0.1) is 5.92 Å². The van der Waals surface area contributed by atoms with Gasteiger partial charge < -0.3 is 9.32 Å². The van der Waals surface area contributed by atoms with E-state index in [-0.39, 0.29) is 5.92 Å². The van der Waals surface area contributed by atoms with Crippen molar-refractivity contribution >= 4 is 5.91 Å². The molecule has 1 aliphatic heterocycles. The first-order valence-corrected chi connectivity index (χ1v) is 9.30. The minimum atomic E-state index is 0.125. The van der Waals surface area contributed by atoms with E-state index < -0.39 is 0 Å². The van der Waals surface area contributed by atoms with E-state index in [0.717, 1.165) is 57.9 Å². The molecule has 25 heavy (non-hydrogen) atoms. The number of aromatic nitrogens is 2. The van der Waals surface area contributed by atoms with Crippen molar-refractivity contribution in [3.63, 3.8) is 0 Å². The molecule has 3 heterocycles. The zero-order valence-corrected chi connectivity index (χ0v) is 14.8. The fourth-order valence-corrected chi connectivity index (χ4v) is 3.79. The first kappa shape index (κ1) is 16.4. The number of amides is 1. The van der Waals surface area contributed by atoms with Gasteiger partial charge in [0.1, 0.15) is 5.76 Å². The Morgan fingerprint density at radius 2 is 2.24 bits per heavy atom. The summed E-state index contributed by atoms with van der Waals surface area (Å²) in [5, 5.41) is 4.35. The number of carbonyl (C=O) groups excluding carboxylic acids is 1. The number of rotatable bonds is 5. The maximum absolute atomic E-state index is 12.8. The Kier molecular flexibility index (Phi) is 4.61. The van der Waals surface area contributed by atoms with Crippen LogP contribution in [0.3, 0.4) is 0 Å². The van der Waals surface area contributed by atoms with Gasteiger partial charge in [-0.25, -0.2) is 0 Å². The van der Waals surface area contributed by atoms with Crippen LogP contribution < -0.4 is 0 Å². The topological polar surface area (TPSA) is 54.5 Å². The predicted molar refractivity (Wildman–Crippen MR) is 93.9 cm³/mol. The lowest BCUT2D eigenvalue weighted by Crippen LogP contribution is -2.36. The molecule has 1 amide bonds. The van der Waals surface area contributed by atoms with E-state index in [1.165, 1.54) is 5.56 Å². The lowest BCUT2D eigenvalue weighted by molar-refractivity contribution is -0.132. The van der Waals surface area contributed by atoms with Crippen molar-refractivity contribution in [3.8, 4) is 0 Å². The number of nitrogens with zero attached hydrogens (tertiary/aromatic N) is 4. The number of hydrogen-bond acceptors (Lipinski definition) is 4. The van der Waals surface area contributed by atoms with Crippen LogP contribution in [0.25, 0.3) is 0 Å². The van der Waals surface area contributed by atoms with E-state index in [9.17, 15) is 4.79 Å². The number of aryl methyl sites for hydroxylation is 1. The van der Waals surface area contributed by atoms with Crippen LogP contribution >= 0.6 is 0 Å². The van der Waals surface area contributed by atoms with Gasteiger partial charge in [0.15, 0.2) is 0 Å². The lowest BCUT2D eigenvalue weighted by atomic mass is 10.2. The summed E-state index contributed by atoms with van der Waals surface area (Å²) in [5.74, 6) is 1.69. The van der Waals surface area contributed by atoms with Crippen molar-refractivity contribution in [2.75, 3.05) is 26.2 Å². The number of carbonyl (C=O) groups is 1. The van der Waals surface area contributed by atoms with Gasteiger partial charge >= 0.3 is 0 Å². The standard InChI is InChI=1S/C19H26N4O2/c1-2-23-14-15(12-20-23)13-21-6-4-7-22(9-8-21)19(24)17-11-16(17)18-5-3-10-25-18/h3,5,10,12,14,16-17H,2,4,6-9,11,13H2,1H3/t16-,17+/m0/s1. The molecule has 0 radical (unpaired) electrons. The average Bonchev–Trinajstić information content (AvgIpc) is 3.08. The third kappa shape index (κ3) is 3.63. The average molecular weight is 342 g/mol. The Labute approximate surface area is 148 Å². The van der Waals surface area contributed by atoms with E-state index in [0.29, 0.717) is 11.8 Å². The SMILES string of the molecule is CCn1cc(CN2CCCN(C(=O)[C@@H]3C[C@@H]3c3ccco3)CC2)cn1. The Morgan fingerprint density at radius 1 is 1.32 bits per heavy atom. The van der Waals surface area contributed by atoms with E-state index in [1.807, 2.05) is 23.0 Å². The van der Waals surface area contributed by atoms with Gasteiger partial charge in [0.05, 0.1) is 12.5 Å². The van der Waals surface area contributed by atoms with Crippen LogP contribution in [0.5, 0.6) is 0 Å². The molecule has 0 spiro atoms. The molecule has 6 heteroatoms. The molecule has 0 N–H and O–H groups in total. The third-order valence-electron chi connectivity index (χ3n) is 5.33. The Morgan fingerprint density at radius 3 is 3.00 bits per heavy atom. The Hall–Kier alpha value is -2.08. The van der Waals surface area contributed by atoms with Crippen molar-refractivity contribution in [1.29, 1.82) is 0 Å². The minimum absolute atomic E-state index is 0.125. The van der Waals surface area contributed by atoms with Gasteiger partial charge in [-0.3, -0.25) is 14.4 Å². The molecular weight excluding hydrogens is 316 g/mol. The van der Waals surface area contributed by atoms with Crippen LogP contribution in [0.4, 0.5) is 0 Å². The molecule has 4 rings (SSSR count). The van der Waals surface area contributed by atoms with Crippen LogP contribution in [-0.2, 0) is 17.9 Å². The molecule has 0 bridgehead atoms. The number of furan rings is 1. The van der Waals surface area contributed by atoms with Crippen molar-refractivity contribution < 1.29 is 9.21 Å². The molecule has 6 nitrogen and oxygen atoms in total. The van der Waals surface area contributed by atoms with Gasteiger partial charge in [-0.2, -0.15) is 5.10 Å². The third-order valence-corrected chi connectivity index (χ3v) is 5.33. The molecule has 134 valence electrons. The second-order valence-electron chi connectivity index (χ2n) is 7.12. The molecule has 2 aromatic rings. The monoisotopic (exact) mass is 342 g/mol. The quantitative estimate of drug-likeness (QED) is 0.837. The summed E-state index contributed by atoms with van der Waals surface area (Å²) in [6, 6.07) is 3.89. The molecule has 0 unspecified atom stereocenters. The fraction of sp³-hybridized carbons (Fsp3) is 0.579. The summed E-state index contributed by atoms with van der Waals surface area (Å²) in [6.07, 6.45) is 7.73. The van der Waals surface area contributed by atoms with Crippen molar-refractivity contribution in [3.05, 3.63) is 42.1 Å². The van der Waals surface area contributed by atoms with Gasteiger partial charge in [0.25, 0.3) is 0 Å². The summed E-state index contributed by atoms with van der Waals surface area (Å²) in [7, 11) is 0. The normalized spacial score (nSPS) is 24.3. The molecule has 1 saturated carbocycles. The van der Waals surface area contributed by atoms with Gasteiger partial charge in [-0.15, -0.1) is 0 Å². The van der Waals surface area contributed by atoms with Crippen molar-refractivity contribution in [1.82, 2.24) is 19.6 Å². The van der Waals surface area contributed by atoms with Crippen molar-refractivity contribution in [2.24, 2.45) is 5.92 Å². The molecule has 1 aliphatic carbocycles. The van der Waals surface area contributed by atoms with Gasteiger partial charge in [0, 0.05) is 62.9 Å². The van der Waals surface area contributed by atoms with Crippen LogP contribution in [0.1, 0.15) is 37.0 Å². The molecule has 0 aromatic carbocycles. The fourth-order valence-electron chi connectivity index (χ4n) is 3.79. The van der Waals surface area contributed by atoms with Gasteiger partial charge in [-0.1, -0.05) is 0 Å². The summed E-state index contributed by atoms with van der Waals surface area (Å²) in [4.78, 5) is 17.3. The summed E-state index contributed by atoms with van der Waals surface area (Å²) < 4.78 is 7.42. The maximum Gasteiger partial charge on any atom is 0.226 e. The van der Waals surface area contributed by atoms with Crippen molar-refractivity contribution in [2.45, 2.75) is 38.8 Å². The zero-order chi connectivity index (χ0) is 17.2. The molecule has 2 atom stereocenters. The van der Waals surface area contributed by atoms with E-state index >= 15 is 0 Å². The second-order valence-corrected chi connectivity index (χ2v) is 7.12. The first-order valence-electron chi connectivity index (χ1n) is 9.30. The Balaban J connectivity index is 1.30. The molecule has 2 aromatic heterocycles.